The third-order valence-electron chi connectivity index (χ3n) is 5.00. The van der Waals surface area contributed by atoms with Crippen LogP contribution in [0.25, 0.3) is 0 Å². The minimum absolute atomic E-state index is 0.264. The molecule has 0 aliphatic carbocycles. The minimum Gasteiger partial charge on any atom is -0.456 e. The minimum atomic E-state index is -0.471. The van der Waals surface area contributed by atoms with Crippen molar-refractivity contribution >= 4 is 11.7 Å². The van der Waals surface area contributed by atoms with Crippen molar-refractivity contribution < 1.29 is 9.53 Å². The summed E-state index contributed by atoms with van der Waals surface area (Å²) in [6, 6.07) is 19.0. The monoisotopic (exact) mass is 351 g/mol. The van der Waals surface area contributed by atoms with E-state index in [2.05, 4.69) is 54.3 Å². The first-order valence-electron chi connectivity index (χ1n) is 9.47. The van der Waals surface area contributed by atoms with Crippen molar-refractivity contribution in [2.45, 2.75) is 52.2 Å². The van der Waals surface area contributed by atoms with Gasteiger partial charge < -0.3 is 9.64 Å². The maximum Gasteiger partial charge on any atom is 0.338 e. The third-order valence-corrected chi connectivity index (χ3v) is 5.00. The Bertz CT molecular complexity index is 731. The number of hydrogen-bond donors (Lipinski definition) is 0. The van der Waals surface area contributed by atoms with E-state index in [4.69, 9.17) is 4.74 Å². The summed E-state index contributed by atoms with van der Waals surface area (Å²) < 4.78 is 5.45. The van der Waals surface area contributed by atoms with Crippen LogP contribution in [0.15, 0.2) is 54.6 Å². The molecular weight excluding hydrogens is 322 g/mol. The van der Waals surface area contributed by atoms with E-state index in [9.17, 15) is 4.79 Å². The summed E-state index contributed by atoms with van der Waals surface area (Å²) in [5.41, 5.74) is 2.70. The van der Waals surface area contributed by atoms with Crippen molar-refractivity contribution in [1.29, 1.82) is 0 Å². The first kappa shape index (κ1) is 18.5. The number of ether oxygens (including phenoxy) is 1. The topological polar surface area (TPSA) is 29.5 Å². The van der Waals surface area contributed by atoms with Gasteiger partial charge in [0.2, 0.25) is 0 Å². The van der Waals surface area contributed by atoms with Crippen molar-refractivity contribution in [3.05, 3.63) is 65.7 Å². The highest BCUT2D eigenvalue weighted by Crippen LogP contribution is 2.32. The van der Waals surface area contributed by atoms with Crippen LogP contribution in [-0.4, -0.2) is 24.2 Å². The fraction of sp³-hybridized carbons (Fsp3) is 0.435. The van der Waals surface area contributed by atoms with Gasteiger partial charge in [-0.25, -0.2) is 4.79 Å². The summed E-state index contributed by atoms with van der Waals surface area (Å²) in [6.07, 6.45) is 2.25. The first-order valence-corrected chi connectivity index (χ1v) is 9.47. The van der Waals surface area contributed by atoms with E-state index in [0.717, 1.165) is 13.0 Å². The highest BCUT2D eigenvalue weighted by Gasteiger charge is 2.31. The lowest BCUT2D eigenvalue weighted by Gasteiger charge is -2.29. The number of carbonyl (C=O) groups excluding carboxylic acids is 1. The largest absolute Gasteiger partial charge is 0.456 e. The van der Waals surface area contributed by atoms with Crippen LogP contribution in [0.1, 0.15) is 50.0 Å². The Balaban J connectivity index is 1.74. The second kappa shape index (κ2) is 7.53. The highest BCUT2D eigenvalue weighted by molar-refractivity contribution is 5.90. The van der Waals surface area contributed by atoms with Crippen molar-refractivity contribution in [2.24, 2.45) is 5.92 Å². The molecule has 2 aromatic rings. The normalized spacial score (nSPS) is 20.2. The molecule has 0 saturated carbocycles. The predicted molar refractivity (Wildman–Crippen MR) is 107 cm³/mol. The fourth-order valence-electron chi connectivity index (χ4n) is 3.62. The number of benzene rings is 2. The number of anilines is 1. The van der Waals surface area contributed by atoms with Crippen molar-refractivity contribution in [1.82, 2.24) is 0 Å². The molecule has 1 heterocycles. The smallest absolute Gasteiger partial charge is 0.338 e. The molecule has 0 amide bonds. The van der Waals surface area contributed by atoms with E-state index in [1.807, 2.05) is 32.9 Å². The molecule has 0 spiro atoms. The zero-order valence-electron chi connectivity index (χ0n) is 16.2. The van der Waals surface area contributed by atoms with Crippen LogP contribution < -0.4 is 4.90 Å². The Morgan fingerprint density at radius 1 is 1.08 bits per heavy atom. The SMILES string of the molecule is CC1CCN(c2ccc(C(=O)OC(C)(C)C)cc2)C1Cc1ccccc1. The molecule has 1 fully saturated rings. The molecule has 3 rings (SSSR count). The Labute approximate surface area is 157 Å². The number of esters is 1. The molecule has 1 saturated heterocycles. The molecule has 3 nitrogen and oxygen atoms in total. The molecule has 0 N–H and O–H groups in total. The van der Waals surface area contributed by atoms with Gasteiger partial charge in [-0.15, -0.1) is 0 Å². The fourth-order valence-corrected chi connectivity index (χ4v) is 3.62. The molecule has 26 heavy (non-hydrogen) atoms. The average Bonchev–Trinajstić information content (AvgIpc) is 2.95. The molecule has 0 radical (unpaired) electrons. The van der Waals surface area contributed by atoms with Crippen LogP contribution in [-0.2, 0) is 11.2 Å². The van der Waals surface area contributed by atoms with Gasteiger partial charge in [-0.05, 0) is 69.4 Å². The molecule has 1 aliphatic heterocycles. The van der Waals surface area contributed by atoms with Gasteiger partial charge in [-0.1, -0.05) is 37.3 Å². The summed E-state index contributed by atoms with van der Waals surface area (Å²) in [4.78, 5) is 14.7. The molecule has 2 aromatic carbocycles. The van der Waals surface area contributed by atoms with E-state index < -0.39 is 5.60 Å². The second-order valence-corrected chi connectivity index (χ2v) is 8.27. The summed E-state index contributed by atoms with van der Waals surface area (Å²) in [7, 11) is 0. The Morgan fingerprint density at radius 2 is 1.73 bits per heavy atom. The highest BCUT2D eigenvalue weighted by atomic mass is 16.6. The Morgan fingerprint density at radius 3 is 2.35 bits per heavy atom. The molecule has 1 aliphatic rings. The standard InChI is InChI=1S/C23H29NO2/c1-17-14-15-24(21(17)16-18-8-6-5-7-9-18)20-12-10-19(11-13-20)22(25)26-23(2,3)4/h5-13,17,21H,14-16H2,1-4H3. The lowest BCUT2D eigenvalue weighted by atomic mass is 9.95. The van der Waals surface area contributed by atoms with Crippen LogP contribution in [0, 0.1) is 5.92 Å². The van der Waals surface area contributed by atoms with E-state index >= 15 is 0 Å². The lowest BCUT2D eigenvalue weighted by Crippen LogP contribution is -2.34. The van der Waals surface area contributed by atoms with Gasteiger partial charge >= 0.3 is 5.97 Å². The van der Waals surface area contributed by atoms with Gasteiger partial charge in [0.15, 0.2) is 0 Å². The zero-order chi connectivity index (χ0) is 18.7. The maximum atomic E-state index is 12.2. The van der Waals surface area contributed by atoms with Crippen LogP contribution >= 0.6 is 0 Å². The second-order valence-electron chi connectivity index (χ2n) is 8.27. The third kappa shape index (κ3) is 4.46. The summed E-state index contributed by atoms with van der Waals surface area (Å²) in [5.74, 6) is 0.389. The lowest BCUT2D eigenvalue weighted by molar-refractivity contribution is 0.00696. The Kier molecular flexibility index (Phi) is 5.36. The van der Waals surface area contributed by atoms with E-state index in [1.54, 1.807) is 0 Å². The van der Waals surface area contributed by atoms with E-state index in [-0.39, 0.29) is 5.97 Å². The maximum absolute atomic E-state index is 12.2. The molecule has 3 heteroatoms. The quantitative estimate of drug-likeness (QED) is 0.718. The number of rotatable bonds is 4. The molecule has 2 unspecified atom stereocenters. The van der Waals surface area contributed by atoms with Gasteiger partial charge in [-0.3, -0.25) is 0 Å². The molecular formula is C23H29NO2. The molecule has 0 bridgehead atoms. The summed E-state index contributed by atoms with van der Waals surface area (Å²) in [6.45, 7) is 9.06. The van der Waals surface area contributed by atoms with Gasteiger partial charge in [0.1, 0.15) is 5.60 Å². The van der Waals surface area contributed by atoms with Gasteiger partial charge in [-0.2, -0.15) is 0 Å². The van der Waals surface area contributed by atoms with E-state index in [1.165, 1.54) is 17.7 Å². The van der Waals surface area contributed by atoms with Gasteiger partial charge in [0, 0.05) is 18.3 Å². The van der Waals surface area contributed by atoms with Gasteiger partial charge in [0.25, 0.3) is 0 Å². The number of carbonyl (C=O) groups is 1. The van der Waals surface area contributed by atoms with Crippen molar-refractivity contribution in [2.75, 3.05) is 11.4 Å². The number of nitrogens with zero attached hydrogens (tertiary/aromatic N) is 1. The van der Waals surface area contributed by atoms with Gasteiger partial charge in [0.05, 0.1) is 5.56 Å². The van der Waals surface area contributed by atoms with Crippen LogP contribution in [0.2, 0.25) is 0 Å². The molecule has 138 valence electrons. The molecule has 0 aromatic heterocycles. The average molecular weight is 351 g/mol. The Hall–Kier alpha value is -2.29. The van der Waals surface area contributed by atoms with Crippen LogP contribution in [0.4, 0.5) is 5.69 Å². The zero-order valence-corrected chi connectivity index (χ0v) is 16.2. The van der Waals surface area contributed by atoms with Crippen LogP contribution in [0.5, 0.6) is 0 Å². The van der Waals surface area contributed by atoms with Crippen molar-refractivity contribution in [3.63, 3.8) is 0 Å². The van der Waals surface area contributed by atoms with Crippen molar-refractivity contribution in [3.8, 4) is 0 Å². The summed E-state index contributed by atoms with van der Waals surface area (Å²) >= 11 is 0. The number of hydrogen-bond acceptors (Lipinski definition) is 3. The first-order chi connectivity index (χ1) is 12.3. The molecule has 2 atom stereocenters. The van der Waals surface area contributed by atoms with Crippen LogP contribution in [0.3, 0.4) is 0 Å². The van der Waals surface area contributed by atoms with E-state index in [0.29, 0.717) is 17.5 Å². The predicted octanol–water partition coefficient (Wildman–Crippen LogP) is 5.10. The summed E-state index contributed by atoms with van der Waals surface area (Å²) in [5, 5.41) is 0.